The largest absolute Gasteiger partial charge is 0.369 e. The first kappa shape index (κ1) is 6.98. The molecule has 0 aromatic heterocycles. The molecule has 1 aliphatic rings. The number of rotatable bonds is 2. The van der Waals surface area contributed by atoms with Crippen molar-refractivity contribution in [1.29, 1.82) is 0 Å². The average Bonchev–Trinajstić information content (AvgIpc) is 2.47. The molecule has 1 rings (SSSR count). The van der Waals surface area contributed by atoms with Gasteiger partial charge in [-0.05, 0) is 12.8 Å². The summed E-state index contributed by atoms with van der Waals surface area (Å²) in [6.45, 7) is 0. The number of hydrogen-bond donors (Lipinski definition) is 2. The summed E-state index contributed by atoms with van der Waals surface area (Å²) in [5, 5.41) is 6.59. The van der Waals surface area contributed by atoms with Crippen LogP contribution >= 0.6 is 0 Å². The van der Waals surface area contributed by atoms with Crippen LogP contribution in [0.1, 0.15) is 12.8 Å². The Kier molecular flexibility index (Phi) is 1.57. The molecule has 0 spiro atoms. The van der Waals surface area contributed by atoms with Crippen LogP contribution in [0.15, 0.2) is 10.2 Å². The fourth-order valence-electron chi connectivity index (χ4n) is 0.448. The van der Waals surface area contributed by atoms with Gasteiger partial charge in [0.15, 0.2) is 0 Å². The highest BCUT2D eigenvalue weighted by molar-refractivity contribution is 5.77. The van der Waals surface area contributed by atoms with Crippen molar-refractivity contribution in [1.82, 2.24) is 0 Å². The summed E-state index contributed by atoms with van der Waals surface area (Å²) in [6.07, 6.45) is 2.18. The number of hydrogen-bond acceptors (Lipinski definition) is 2. The lowest BCUT2D eigenvalue weighted by molar-refractivity contribution is 0.413. The zero-order valence-corrected chi connectivity index (χ0v) is 5.42. The number of guanidine groups is 1. The Hall–Kier alpha value is -1.13. The van der Waals surface area contributed by atoms with E-state index in [9.17, 15) is 4.39 Å². The van der Waals surface area contributed by atoms with Crippen molar-refractivity contribution in [3.63, 3.8) is 0 Å². The third kappa shape index (κ3) is 2.00. The van der Waals surface area contributed by atoms with Crippen LogP contribution in [0.2, 0.25) is 0 Å². The van der Waals surface area contributed by atoms with E-state index < -0.39 is 5.67 Å². The Morgan fingerprint density at radius 1 is 1.50 bits per heavy atom. The second-order valence-corrected chi connectivity index (χ2v) is 2.30. The molecule has 1 fully saturated rings. The quantitative estimate of drug-likeness (QED) is 0.318. The van der Waals surface area contributed by atoms with Gasteiger partial charge in [0.05, 0.1) is 6.21 Å². The van der Waals surface area contributed by atoms with E-state index >= 15 is 0 Å². The minimum absolute atomic E-state index is 0.152. The molecule has 10 heavy (non-hydrogen) atoms. The van der Waals surface area contributed by atoms with Gasteiger partial charge in [-0.3, -0.25) is 0 Å². The van der Waals surface area contributed by atoms with Gasteiger partial charge in [-0.25, -0.2) is 4.39 Å². The van der Waals surface area contributed by atoms with E-state index in [4.69, 9.17) is 11.5 Å². The van der Waals surface area contributed by atoms with Crippen molar-refractivity contribution < 1.29 is 4.39 Å². The van der Waals surface area contributed by atoms with Crippen LogP contribution in [0.3, 0.4) is 0 Å². The molecule has 0 radical (unpaired) electrons. The predicted octanol–water partition coefficient (Wildman–Crippen LogP) is -0.252. The fourth-order valence-corrected chi connectivity index (χ4v) is 0.448. The summed E-state index contributed by atoms with van der Waals surface area (Å²) in [4.78, 5) is 0. The van der Waals surface area contributed by atoms with Crippen LogP contribution in [0.25, 0.3) is 0 Å². The monoisotopic (exact) mass is 144 g/mol. The maximum absolute atomic E-state index is 12.7. The standard InChI is InChI=1S/C5H9FN4/c6-5(1-2-5)3-9-10-4(7)8/h3H,1-2H2,(H4,7,8,10)/b9-3+. The van der Waals surface area contributed by atoms with Crippen molar-refractivity contribution in [3.8, 4) is 0 Å². The maximum atomic E-state index is 12.7. The van der Waals surface area contributed by atoms with E-state index in [2.05, 4.69) is 10.2 Å². The van der Waals surface area contributed by atoms with Crippen molar-refractivity contribution >= 4 is 12.2 Å². The van der Waals surface area contributed by atoms with E-state index in [1.807, 2.05) is 0 Å². The van der Waals surface area contributed by atoms with Crippen LogP contribution in [0.4, 0.5) is 4.39 Å². The zero-order chi connectivity index (χ0) is 7.61. The summed E-state index contributed by atoms with van der Waals surface area (Å²) in [7, 11) is 0. The molecule has 5 heteroatoms. The van der Waals surface area contributed by atoms with Crippen LogP contribution in [0.5, 0.6) is 0 Å². The van der Waals surface area contributed by atoms with E-state index in [1.165, 1.54) is 0 Å². The Morgan fingerprint density at radius 3 is 2.50 bits per heavy atom. The number of nitrogens with two attached hydrogens (primary N) is 2. The van der Waals surface area contributed by atoms with E-state index in [0.29, 0.717) is 12.8 Å². The van der Waals surface area contributed by atoms with E-state index in [-0.39, 0.29) is 5.96 Å². The van der Waals surface area contributed by atoms with Crippen molar-refractivity contribution in [2.45, 2.75) is 18.5 Å². The molecule has 0 saturated heterocycles. The highest BCUT2D eigenvalue weighted by Gasteiger charge is 2.41. The van der Waals surface area contributed by atoms with Gasteiger partial charge in [-0.1, -0.05) is 0 Å². The molecule has 0 aromatic carbocycles. The molecular formula is C5H9FN4. The maximum Gasteiger partial charge on any atom is 0.211 e. The van der Waals surface area contributed by atoms with Gasteiger partial charge in [-0.2, -0.15) is 5.10 Å². The molecule has 4 nitrogen and oxygen atoms in total. The lowest BCUT2D eigenvalue weighted by Gasteiger charge is -1.89. The third-order valence-corrected chi connectivity index (χ3v) is 1.19. The third-order valence-electron chi connectivity index (χ3n) is 1.19. The summed E-state index contributed by atoms with van der Waals surface area (Å²) in [5.74, 6) is -0.152. The van der Waals surface area contributed by atoms with Gasteiger partial charge in [0.2, 0.25) is 5.96 Å². The molecule has 4 N–H and O–H groups in total. The lowest BCUT2D eigenvalue weighted by atomic mass is 10.4. The molecule has 0 unspecified atom stereocenters. The minimum atomic E-state index is -1.22. The van der Waals surface area contributed by atoms with E-state index in [1.54, 1.807) is 0 Å². The predicted molar refractivity (Wildman–Crippen MR) is 37.4 cm³/mol. The van der Waals surface area contributed by atoms with Gasteiger partial charge in [0.1, 0.15) is 5.67 Å². The number of halogens is 1. The molecule has 0 aromatic rings. The summed E-state index contributed by atoms with van der Waals surface area (Å²) >= 11 is 0. The van der Waals surface area contributed by atoms with Crippen LogP contribution in [0, 0.1) is 0 Å². The van der Waals surface area contributed by atoms with Crippen molar-refractivity contribution in [2.24, 2.45) is 21.7 Å². The van der Waals surface area contributed by atoms with Crippen molar-refractivity contribution in [3.05, 3.63) is 0 Å². The highest BCUT2D eigenvalue weighted by atomic mass is 19.1. The molecule has 0 aliphatic heterocycles. The first-order chi connectivity index (χ1) is 4.62. The normalized spacial score (nSPS) is 20.9. The number of alkyl halides is 1. The Labute approximate surface area is 57.8 Å². The van der Waals surface area contributed by atoms with Gasteiger partial charge >= 0.3 is 0 Å². The van der Waals surface area contributed by atoms with Gasteiger partial charge in [0, 0.05) is 0 Å². The topological polar surface area (TPSA) is 76.8 Å². The Balaban J connectivity index is 2.37. The van der Waals surface area contributed by atoms with Crippen molar-refractivity contribution in [2.75, 3.05) is 0 Å². The second-order valence-electron chi connectivity index (χ2n) is 2.30. The minimum Gasteiger partial charge on any atom is -0.369 e. The molecule has 0 bridgehead atoms. The van der Waals surface area contributed by atoms with Crippen LogP contribution < -0.4 is 11.5 Å². The first-order valence-corrected chi connectivity index (χ1v) is 2.94. The van der Waals surface area contributed by atoms with Gasteiger partial charge < -0.3 is 11.5 Å². The van der Waals surface area contributed by atoms with E-state index in [0.717, 1.165) is 6.21 Å². The summed E-state index contributed by atoms with van der Waals surface area (Å²) in [5.41, 5.74) is 8.64. The SMILES string of the molecule is NC(N)=N/N=C/C1(F)CC1. The molecule has 0 amide bonds. The molecule has 1 saturated carbocycles. The fraction of sp³-hybridized carbons (Fsp3) is 0.600. The summed E-state index contributed by atoms with van der Waals surface area (Å²) < 4.78 is 12.7. The molecule has 0 atom stereocenters. The first-order valence-electron chi connectivity index (χ1n) is 2.94. The lowest BCUT2D eigenvalue weighted by Crippen LogP contribution is -2.22. The average molecular weight is 144 g/mol. The highest BCUT2D eigenvalue weighted by Crippen LogP contribution is 2.37. The number of nitrogens with zero attached hydrogens (tertiary/aromatic N) is 2. The zero-order valence-electron chi connectivity index (χ0n) is 5.42. The Bertz CT molecular complexity index is 178. The summed E-state index contributed by atoms with van der Waals surface area (Å²) in [6, 6.07) is 0. The smallest absolute Gasteiger partial charge is 0.211 e. The molecule has 56 valence electrons. The van der Waals surface area contributed by atoms with Gasteiger partial charge in [0.25, 0.3) is 0 Å². The second kappa shape index (κ2) is 2.24. The molecular weight excluding hydrogens is 135 g/mol. The molecule has 0 heterocycles. The Morgan fingerprint density at radius 2 is 2.10 bits per heavy atom. The van der Waals surface area contributed by atoms with Crippen LogP contribution in [-0.4, -0.2) is 17.8 Å². The molecule has 1 aliphatic carbocycles. The van der Waals surface area contributed by atoms with Gasteiger partial charge in [-0.15, -0.1) is 5.10 Å². The van der Waals surface area contributed by atoms with Crippen LogP contribution in [-0.2, 0) is 0 Å².